The van der Waals surface area contributed by atoms with Crippen molar-refractivity contribution in [2.45, 2.75) is 19.9 Å². The van der Waals surface area contributed by atoms with E-state index in [1.54, 1.807) is 6.20 Å². The highest BCUT2D eigenvalue weighted by atomic mass is 16.5. The number of pyridine rings is 1. The van der Waals surface area contributed by atoms with Crippen LogP contribution in [0.3, 0.4) is 0 Å². The summed E-state index contributed by atoms with van der Waals surface area (Å²) < 4.78 is 5.85. The van der Waals surface area contributed by atoms with E-state index in [1.807, 2.05) is 50.2 Å². The smallest absolute Gasteiger partial charge is 0.405 e. The zero-order chi connectivity index (χ0) is 15.7. The highest BCUT2D eigenvalue weighted by molar-refractivity contribution is 5.67. The van der Waals surface area contributed by atoms with Crippen LogP contribution in [0.4, 0.5) is 4.79 Å². The first-order valence-electron chi connectivity index (χ1n) is 7.15. The van der Waals surface area contributed by atoms with Gasteiger partial charge in [-0.25, -0.2) is 4.79 Å². The van der Waals surface area contributed by atoms with Gasteiger partial charge in [-0.05, 0) is 18.2 Å². The second-order valence-corrected chi connectivity index (χ2v) is 6.13. The maximum atomic E-state index is 11.1. The fraction of sp³-hybridized carbons (Fsp3) is 0.294. The molecule has 2 aromatic rings. The Morgan fingerprint density at radius 2 is 2.18 bits per heavy atom. The summed E-state index contributed by atoms with van der Waals surface area (Å²) in [5.74, 6) is 0.709. The quantitative estimate of drug-likeness (QED) is 0.890. The number of nitrogens with one attached hydrogen (secondary N) is 1. The number of nitrogens with zero attached hydrogens (tertiary/aromatic N) is 1. The van der Waals surface area contributed by atoms with E-state index in [0.29, 0.717) is 12.4 Å². The van der Waals surface area contributed by atoms with Crippen molar-refractivity contribution in [2.75, 3.05) is 6.61 Å². The summed E-state index contributed by atoms with van der Waals surface area (Å²) in [5, 5.41) is 11.7. The zero-order valence-corrected chi connectivity index (χ0v) is 12.5. The number of rotatable bonds is 2. The summed E-state index contributed by atoms with van der Waals surface area (Å²) in [5.41, 5.74) is 2.37. The second kappa shape index (κ2) is 5.33. The highest BCUT2D eigenvalue weighted by Crippen LogP contribution is 2.43. The van der Waals surface area contributed by atoms with Crippen LogP contribution in [0.15, 0.2) is 42.6 Å². The predicted molar refractivity (Wildman–Crippen MR) is 82.9 cm³/mol. The van der Waals surface area contributed by atoms with Crippen LogP contribution in [-0.2, 0) is 0 Å². The molecule has 22 heavy (non-hydrogen) atoms. The molecule has 1 aromatic carbocycles. The average molecular weight is 298 g/mol. The molecule has 0 saturated carbocycles. The van der Waals surface area contributed by atoms with Crippen molar-refractivity contribution in [2.24, 2.45) is 5.41 Å². The number of ether oxygens (including phenoxy) is 1. The standard InChI is InChI=1S/C17H18N2O3/c1-17(2)10-22-14-9-11(13-5-3-4-8-18-13)6-7-12(14)15(17)19-16(20)21/h3-9,15,19H,10H2,1-2H3,(H,20,21). The van der Waals surface area contributed by atoms with E-state index >= 15 is 0 Å². The van der Waals surface area contributed by atoms with Crippen LogP contribution in [0.5, 0.6) is 5.75 Å². The van der Waals surface area contributed by atoms with Crippen molar-refractivity contribution in [1.29, 1.82) is 0 Å². The van der Waals surface area contributed by atoms with Gasteiger partial charge in [-0.3, -0.25) is 4.98 Å². The molecule has 0 fully saturated rings. The van der Waals surface area contributed by atoms with Crippen molar-refractivity contribution in [3.05, 3.63) is 48.2 Å². The maximum absolute atomic E-state index is 11.1. The Morgan fingerprint density at radius 1 is 1.36 bits per heavy atom. The molecule has 1 aliphatic heterocycles. The molecule has 1 amide bonds. The van der Waals surface area contributed by atoms with Gasteiger partial charge in [0.2, 0.25) is 0 Å². The molecule has 0 aliphatic carbocycles. The van der Waals surface area contributed by atoms with Gasteiger partial charge in [0.25, 0.3) is 0 Å². The molecule has 1 unspecified atom stereocenters. The monoisotopic (exact) mass is 298 g/mol. The minimum absolute atomic E-state index is 0.300. The lowest BCUT2D eigenvalue weighted by atomic mass is 9.79. The molecule has 0 spiro atoms. The molecule has 2 heterocycles. The van der Waals surface area contributed by atoms with E-state index in [1.165, 1.54) is 0 Å². The molecule has 3 rings (SSSR count). The van der Waals surface area contributed by atoms with Crippen molar-refractivity contribution >= 4 is 6.09 Å². The number of carbonyl (C=O) groups is 1. The Morgan fingerprint density at radius 3 is 2.86 bits per heavy atom. The van der Waals surface area contributed by atoms with Gasteiger partial charge in [0, 0.05) is 22.7 Å². The van der Waals surface area contributed by atoms with E-state index in [2.05, 4.69) is 10.3 Å². The van der Waals surface area contributed by atoms with Gasteiger partial charge in [0.05, 0.1) is 18.3 Å². The molecular formula is C17H18N2O3. The van der Waals surface area contributed by atoms with Crippen molar-refractivity contribution < 1.29 is 14.6 Å². The van der Waals surface area contributed by atoms with Crippen LogP contribution in [-0.4, -0.2) is 22.8 Å². The summed E-state index contributed by atoms with van der Waals surface area (Å²) in [6, 6.07) is 11.2. The van der Waals surface area contributed by atoms with Gasteiger partial charge in [0.1, 0.15) is 5.75 Å². The maximum Gasteiger partial charge on any atom is 0.405 e. The van der Waals surface area contributed by atoms with Crippen molar-refractivity contribution in [3.63, 3.8) is 0 Å². The van der Waals surface area contributed by atoms with Gasteiger partial charge < -0.3 is 15.2 Å². The molecule has 2 N–H and O–H groups in total. The fourth-order valence-corrected chi connectivity index (χ4v) is 2.76. The Hall–Kier alpha value is -2.56. The Balaban J connectivity index is 2.01. The lowest BCUT2D eigenvalue weighted by Gasteiger charge is -2.39. The lowest BCUT2D eigenvalue weighted by Crippen LogP contribution is -2.43. The normalized spacial score (nSPS) is 18.9. The molecule has 1 aliphatic rings. The summed E-state index contributed by atoms with van der Waals surface area (Å²) >= 11 is 0. The Kier molecular flexibility index (Phi) is 3.48. The first-order valence-corrected chi connectivity index (χ1v) is 7.15. The SMILES string of the molecule is CC1(C)COc2cc(-c3ccccn3)ccc2C1NC(=O)O. The molecule has 5 heteroatoms. The summed E-state index contributed by atoms with van der Waals surface area (Å²) in [6.45, 7) is 4.43. The summed E-state index contributed by atoms with van der Waals surface area (Å²) in [6.07, 6.45) is 0.716. The van der Waals surface area contributed by atoms with E-state index in [0.717, 1.165) is 16.8 Å². The van der Waals surface area contributed by atoms with Gasteiger partial charge >= 0.3 is 6.09 Å². The first kappa shape index (κ1) is 14.4. The van der Waals surface area contributed by atoms with E-state index in [9.17, 15) is 4.79 Å². The van der Waals surface area contributed by atoms with Gasteiger partial charge in [0.15, 0.2) is 0 Å². The van der Waals surface area contributed by atoms with E-state index in [-0.39, 0.29) is 11.5 Å². The molecule has 0 saturated heterocycles. The van der Waals surface area contributed by atoms with Crippen LogP contribution >= 0.6 is 0 Å². The van der Waals surface area contributed by atoms with Crippen LogP contribution < -0.4 is 10.1 Å². The molecular weight excluding hydrogens is 280 g/mol. The summed E-state index contributed by atoms with van der Waals surface area (Å²) in [7, 11) is 0. The van der Waals surface area contributed by atoms with Gasteiger partial charge in [-0.1, -0.05) is 32.0 Å². The van der Waals surface area contributed by atoms with Gasteiger partial charge in [-0.15, -0.1) is 0 Å². The third-order valence-electron chi connectivity index (χ3n) is 3.93. The second-order valence-electron chi connectivity index (χ2n) is 6.13. The van der Waals surface area contributed by atoms with Gasteiger partial charge in [-0.2, -0.15) is 0 Å². The molecule has 114 valence electrons. The highest BCUT2D eigenvalue weighted by Gasteiger charge is 2.38. The third kappa shape index (κ3) is 2.62. The van der Waals surface area contributed by atoms with E-state index in [4.69, 9.17) is 9.84 Å². The zero-order valence-electron chi connectivity index (χ0n) is 12.5. The Labute approximate surface area is 129 Å². The number of hydrogen-bond donors (Lipinski definition) is 2. The number of amides is 1. The lowest BCUT2D eigenvalue weighted by molar-refractivity contribution is 0.0996. The molecule has 0 radical (unpaired) electrons. The fourth-order valence-electron chi connectivity index (χ4n) is 2.76. The number of carboxylic acid groups (broad SMARTS) is 1. The van der Waals surface area contributed by atoms with E-state index < -0.39 is 6.09 Å². The summed E-state index contributed by atoms with van der Waals surface area (Å²) in [4.78, 5) is 15.4. The minimum atomic E-state index is -1.03. The number of fused-ring (bicyclic) bond motifs is 1. The van der Waals surface area contributed by atoms with Crippen LogP contribution in [0.2, 0.25) is 0 Å². The first-order chi connectivity index (χ1) is 10.5. The molecule has 0 bridgehead atoms. The van der Waals surface area contributed by atoms with Crippen molar-refractivity contribution in [1.82, 2.24) is 10.3 Å². The predicted octanol–water partition coefficient (Wildman–Crippen LogP) is 3.48. The largest absolute Gasteiger partial charge is 0.493 e. The molecule has 1 atom stereocenters. The number of aromatic nitrogens is 1. The van der Waals surface area contributed by atoms with Crippen LogP contribution in [0.25, 0.3) is 11.3 Å². The number of benzene rings is 1. The average Bonchev–Trinajstić information content (AvgIpc) is 2.50. The molecule has 5 nitrogen and oxygen atoms in total. The van der Waals surface area contributed by atoms with Crippen LogP contribution in [0, 0.1) is 5.41 Å². The number of hydrogen-bond acceptors (Lipinski definition) is 3. The van der Waals surface area contributed by atoms with Crippen molar-refractivity contribution in [3.8, 4) is 17.0 Å². The topological polar surface area (TPSA) is 71.5 Å². The third-order valence-corrected chi connectivity index (χ3v) is 3.93. The molecule has 1 aromatic heterocycles. The Bertz CT molecular complexity index is 698. The van der Waals surface area contributed by atoms with Crippen LogP contribution in [0.1, 0.15) is 25.5 Å². The minimum Gasteiger partial charge on any atom is -0.493 e.